The molecule has 0 spiro atoms. The van der Waals surface area contributed by atoms with Gasteiger partial charge in [-0.05, 0) is 85.3 Å². The molecule has 35 heavy (non-hydrogen) atoms. The van der Waals surface area contributed by atoms with Crippen molar-refractivity contribution in [2.24, 2.45) is 11.8 Å². The second kappa shape index (κ2) is 12.7. The van der Waals surface area contributed by atoms with Gasteiger partial charge >= 0.3 is 5.97 Å². The van der Waals surface area contributed by atoms with Crippen LogP contribution >= 0.6 is 23.1 Å². The van der Waals surface area contributed by atoms with Gasteiger partial charge in [0.1, 0.15) is 5.75 Å². The number of pyridine rings is 1. The smallest absolute Gasteiger partial charge is 0.303 e. The summed E-state index contributed by atoms with van der Waals surface area (Å²) in [5, 5.41) is 23.4. The average molecular weight is 515 g/mol. The zero-order chi connectivity index (χ0) is 24.6. The quantitative estimate of drug-likeness (QED) is 0.299. The summed E-state index contributed by atoms with van der Waals surface area (Å²) in [5.74, 6) is 1.83. The number of aliphatic hydroxyl groups is 1. The van der Waals surface area contributed by atoms with Crippen LogP contribution in [0.25, 0.3) is 10.9 Å². The van der Waals surface area contributed by atoms with Crippen molar-refractivity contribution in [3.8, 4) is 5.75 Å². The van der Waals surface area contributed by atoms with Crippen LogP contribution in [0, 0.1) is 11.8 Å². The molecule has 1 aromatic carbocycles. The first-order valence-corrected chi connectivity index (χ1v) is 14.1. The summed E-state index contributed by atoms with van der Waals surface area (Å²) >= 11 is 3.67. The molecule has 0 aliphatic carbocycles. The van der Waals surface area contributed by atoms with Crippen LogP contribution in [0.4, 0.5) is 0 Å². The van der Waals surface area contributed by atoms with E-state index in [1.807, 2.05) is 36.0 Å². The van der Waals surface area contributed by atoms with Crippen molar-refractivity contribution < 1.29 is 19.7 Å². The van der Waals surface area contributed by atoms with Gasteiger partial charge in [0.25, 0.3) is 0 Å². The van der Waals surface area contributed by atoms with E-state index in [-0.39, 0.29) is 6.42 Å². The first-order chi connectivity index (χ1) is 17.0. The number of hydrogen-bond acceptors (Lipinski definition) is 7. The third kappa shape index (κ3) is 7.19. The van der Waals surface area contributed by atoms with Gasteiger partial charge < -0.3 is 19.8 Å². The Morgan fingerprint density at radius 3 is 2.94 bits per heavy atom. The summed E-state index contributed by atoms with van der Waals surface area (Å²) in [6.07, 6.45) is 4.64. The highest BCUT2D eigenvalue weighted by molar-refractivity contribution is 8.01. The molecule has 4 rings (SSSR count). The van der Waals surface area contributed by atoms with Gasteiger partial charge in [-0.3, -0.25) is 9.78 Å². The second-order valence-corrected chi connectivity index (χ2v) is 11.5. The Morgan fingerprint density at radius 1 is 1.29 bits per heavy atom. The van der Waals surface area contributed by atoms with E-state index in [1.165, 1.54) is 4.21 Å². The number of carboxylic acids is 1. The number of nitrogens with zero attached hydrogens (tertiary/aromatic N) is 2. The van der Waals surface area contributed by atoms with Crippen LogP contribution in [0.5, 0.6) is 5.75 Å². The molecule has 1 aliphatic heterocycles. The lowest BCUT2D eigenvalue weighted by Gasteiger charge is -2.39. The fourth-order valence-corrected chi connectivity index (χ4v) is 6.95. The zero-order valence-corrected chi connectivity index (χ0v) is 21.8. The summed E-state index contributed by atoms with van der Waals surface area (Å²) < 4.78 is 6.71. The van der Waals surface area contributed by atoms with Gasteiger partial charge in [0.2, 0.25) is 0 Å². The molecule has 188 valence electrons. The molecule has 1 aliphatic rings. The maximum Gasteiger partial charge on any atom is 0.303 e. The summed E-state index contributed by atoms with van der Waals surface area (Å²) in [6, 6.07) is 11.9. The number of carbonyl (C=O) groups is 1. The first-order valence-electron chi connectivity index (χ1n) is 12.2. The summed E-state index contributed by atoms with van der Waals surface area (Å²) in [5.41, 5.74) is 1.72. The number of rotatable bonds is 12. The standard InChI is InChI=1S/C27H34N2O4S2/c1-33-21-6-7-24-23(17-21)22(10-12-28-24)25(30)8-4-19-11-13-29(18-20(19)5-9-26(31)32)14-16-35-27-3-2-15-34-27/h2-3,6-7,10,12,15,17,19-20,25,30H,4-5,8-9,11,13-14,16,18H2,1H3,(H,31,32)/t19-,20-,25-/m1/s1. The average Bonchev–Trinajstić information content (AvgIpc) is 3.39. The maximum absolute atomic E-state index is 11.3. The maximum atomic E-state index is 11.3. The van der Waals surface area contributed by atoms with Crippen LogP contribution in [-0.2, 0) is 4.79 Å². The van der Waals surface area contributed by atoms with Crippen molar-refractivity contribution in [3.63, 3.8) is 0 Å². The normalized spacial score (nSPS) is 19.6. The summed E-state index contributed by atoms with van der Waals surface area (Å²) in [7, 11) is 1.64. The molecule has 3 aromatic rings. The van der Waals surface area contributed by atoms with Gasteiger partial charge in [-0.1, -0.05) is 6.07 Å². The molecule has 8 heteroatoms. The second-order valence-electron chi connectivity index (χ2n) is 9.20. The predicted octanol–water partition coefficient (Wildman–Crippen LogP) is 5.71. The number of piperidine rings is 1. The lowest BCUT2D eigenvalue weighted by Crippen LogP contribution is -2.41. The van der Waals surface area contributed by atoms with Crippen molar-refractivity contribution in [2.45, 2.75) is 42.4 Å². The van der Waals surface area contributed by atoms with E-state index >= 15 is 0 Å². The van der Waals surface area contributed by atoms with Crippen molar-refractivity contribution in [3.05, 3.63) is 53.5 Å². The molecule has 2 aromatic heterocycles. The minimum absolute atomic E-state index is 0.205. The van der Waals surface area contributed by atoms with Crippen molar-refractivity contribution in [2.75, 3.05) is 32.5 Å². The number of aromatic nitrogens is 1. The lowest BCUT2D eigenvalue weighted by atomic mass is 9.79. The Hall–Kier alpha value is -2.13. The molecule has 1 saturated heterocycles. The summed E-state index contributed by atoms with van der Waals surface area (Å²) in [4.78, 5) is 18.2. The molecule has 1 fully saturated rings. The van der Waals surface area contributed by atoms with E-state index in [0.717, 1.165) is 60.4 Å². The van der Waals surface area contributed by atoms with Crippen molar-refractivity contribution in [1.29, 1.82) is 0 Å². The molecule has 3 heterocycles. The number of fused-ring (bicyclic) bond motifs is 1. The molecule has 3 atom stereocenters. The van der Waals surface area contributed by atoms with Crippen LogP contribution in [-0.4, -0.2) is 58.6 Å². The molecule has 0 unspecified atom stereocenters. The molecule has 0 amide bonds. The highest BCUT2D eigenvalue weighted by Crippen LogP contribution is 2.35. The van der Waals surface area contributed by atoms with Crippen LogP contribution in [0.2, 0.25) is 0 Å². The first kappa shape index (κ1) is 25.9. The Bertz CT molecular complexity index is 1090. The largest absolute Gasteiger partial charge is 0.497 e. The van der Waals surface area contributed by atoms with Crippen molar-refractivity contribution >= 4 is 40.0 Å². The van der Waals surface area contributed by atoms with Crippen molar-refractivity contribution in [1.82, 2.24) is 9.88 Å². The summed E-state index contributed by atoms with van der Waals surface area (Å²) in [6.45, 7) is 2.99. The van der Waals surface area contributed by atoms with Gasteiger partial charge in [0, 0.05) is 36.8 Å². The fraction of sp³-hybridized carbons (Fsp3) is 0.481. The molecular weight excluding hydrogens is 480 g/mol. The number of likely N-dealkylation sites (tertiary alicyclic amines) is 1. The number of carboxylic acid groups (broad SMARTS) is 1. The van der Waals surface area contributed by atoms with E-state index < -0.39 is 12.1 Å². The highest BCUT2D eigenvalue weighted by atomic mass is 32.2. The van der Waals surface area contributed by atoms with Gasteiger partial charge in [0.15, 0.2) is 0 Å². The number of thioether (sulfide) groups is 1. The van der Waals surface area contributed by atoms with Gasteiger partial charge in [-0.15, -0.1) is 23.1 Å². The predicted molar refractivity (Wildman–Crippen MR) is 142 cm³/mol. The molecule has 0 saturated carbocycles. The van der Waals surface area contributed by atoms with E-state index in [0.29, 0.717) is 24.7 Å². The minimum atomic E-state index is -0.730. The number of methoxy groups -OCH3 is 1. The van der Waals surface area contributed by atoms with Gasteiger partial charge in [0.05, 0.1) is 22.9 Å². The molecule has 6 nitrogen and oxygen atoms in total. The van der Waals surface area contributed by atoms with Gasteiger partial charge in [-0.2, -0.15) is 0 Å². The SMILES string of the molecule is COc1ccc2nccc([C@H](O)CC[C@@H]3CCN(CCSc4cccs4)C[C@H]3CCC(=O)O)c2c1. The Kier molecular flexibility index (Phi) is 9.43. The van der Waals surface area contributed by atoms with Crippen LogP contribution in [0.3, 0.4) is 0 Å². The van der Waals surface area contributed by atoms with Crippen LogP contribution in [0.15, 0.2) is 52.2 Å². The number of ether oxygens (including phenoxy) is 1. The number of benzene rings is 1. The highest BCUT2D eigenvalue weighted by Gasteiger charge is 2.30. The number of hydrogen-bond donors (Lipinski definition) is 2. The zero-order valence-electron chi connectivity index (χ0n) is 20.1. The Morgan fingerprint density at radius 2 is 2.17 bits per heavy atom. The monoisotopic (exact) mass is 514 g/mol. The fourth-order valence-electron chi connectivity index (χ4n) is 5.09. The third-order valence-electron chi connectivity index (χ3n) is 7.00. The lowest BCUT2D eigenvalue weighted by molar-refractivity contribution is -0.137. The molecule has 0 bridgehead atoms. The Labute approximate surface area is 215 Å². The Balaban J connectivity index is 1.36. The van der Waals surface area contributed by atoms with Crippen LogP contribution in [0.1, 0.15) is 43.8 Å². The number of aliphatic hydroxyl groups excluding tert-OH is 1. The number of thiophene rings is 1. The third-order valence-corrected chi connectivity index (χ3v) is 9.11. The van der Waals surface area contributed by atoms with Crippen LogP contribution < -0.4 is 4.74 Å². The van der Waals surface area contributed by atoms with E-state index in [9.17, 15) is 15.0 Å². The van der Waals surface area contributed by atoms with E-state index in [1.54, 1.807) is 24.6 Å². The van der Waals surface area contributed by atoms with E-state index in [4.69, 9.17) is 4.74 Å². The molecular formula is C27H34N2O4S2. The number of aliphatic carboxylic acids is 1. The topological polar surface area (TPSA) is 82.9 Å². The molecule has 2 N–H and O–H groups in total. The van der Waals surface area contributed by atoms with E-state index in [2.05, 4.69) is 27.4 Å². The molecule has 0 radical (unpaired) electrons. The van der Waals surface area contributed by atoms with Gasteiger partial charge in [-0.25, -0.2) is 0 Å². The minimum Gasteiger partial charge on any atom is -0.497 e.